The number of rotatable bonds is 3. The fourth-order valence-corrected chi connectivity index (χ4v) is 2.89. The molecule has 2 heterocycles. The summed E-state index contributed by atoms with van der Waals surface area (Å²) in [7, 11) is 0. The first-order valence-electron chi connectivity index (χ1n) is 7.88. The second kappa shape index (κ2) is 5.44. The maximum atomic E-state index is 12.3. The average molecular weight is 293 g/mol. The first-order chi connectivity index (χ1) is 10.8. The van der Waals surface area contributed by atoms with Crippen LogP contribution in [-0.4, -0.2) is 27.1 Å². The van der Waals surface area contributed by atoms with Crippen LogP contribution in [0.4, 0.5) is 0 Å². The monoisotopic (exact) mass is 293 g/mol. The Kier molecular flexibility index (Phi) is 3.29. The van der Waals surface area contributed by atoms with E-state index in [1.807, 2.05) is 41.3 Å². The third-order valence-corrected chi connectivity index (χ3v) is 4.34. The van der Waals surface area contributed by atoms with Crippen molar-refractivity contribution < 1.29 is 4.79 Å². The smallest absolute Gasteiger partial charge is 0.246 e. The molecule has 1 saturated carbocycles. The molecule has 0 N–H and O–H groups in total. The highest BCUT2D eigenvalue weighted by atomic mass is 16.2. The number of aromatic nitrogens is 2. The van der Waals surface area contributed by atoms with Gasteiger partial charge in [-0.3, -0.25) is 9.48 Å². The molecule has 1 aliphatic carbocycles. The minimum absolute atomic E-state index is 0.0734. The molecule has 2 aromatic rings. The van der Waals surface area contributed by atoms with Crippen LogP contribution in [0.3, 0.4) is 0 Å². The summed E-state index contributed by atoms with van der Waals surface area (Å²) in [5.41, 5.74) is 3.42. The summed E-state index contributed by atoms with van der Waals surface area (Å²) in [6, 6.07) is 12.1. The Morgan fingerprint density at radius 1 is 1.18 bits per heavy atom. The largest absolute Gasteiger partial charge is 0.331 e. The quantitative estimate of drug-likeness (QED) is 0.816. The van der Waals surface area contributed by atoms with Crippen LogP contribution < -0.4 is 0 Å². The number of amides is 1. The molecule has 0 unspecified atom stereocenters. The molecule has 112 valence electrons. The second-order valence-corrected chi connectivity index (χ2v) is 6.06. The van der Waals surface area contributed by atoms with Gasteiger partial charge < -0.3 is 4.90 Å². The summed E-state index contributed by atoms with van der Waals surface area (Å²) in [6.07, 6.45) is 6.07. The van der Waals surface area contributed by atoms with Crippen LogP contribution >= 0.6 is 0 Å². The minimum Gasteiger partial charge on any atom is -0.331 e. The van der Waals surface area contributed by atoms with Crippen molar-refractivity contribution in [1.82, 2.24) is 14.7 Å². The molecule has 0 spiro atoms. The molecule has 4 heteroatoms. The number of nitrogens with zero attached hydrogens (tertiary/aromatic N) is 3. The van der Waals surface area contributed by atoms with E-state index in [-0.39, 0.29) is 5.91 Å². The lowest BCUT2D eigenvalue weighted by molar-refractivity contribution is -0.127. The van der Waals surface area contributed by atoms with Crippen molar-refractivity contribution in [1.29, 1.82) is 0 Å². The van der Waals surface area contributed by atoms with Gasteiger partial charge in [-0.05, 0) is 30.5 Å². The van der Waals surface area contributed by atoms with Gasteiger partial charge in [0.15, 0.2) is 0 Å². The van der Waals surface area contributed by atoms with E-state index in [1.165, 1.54) is 18.5 Å². The van der Waals surface area contributed by atoms with E-state index in [1.54, 1.807) is 6.08 Å². The van der Waals surface area contributed by atoms with Gasteiger partial charge in [0, 0.05) is 18.5 Å². The summed E-state index contributed by atoms with van der Waals surface area (Å²) >= 11 is 0. The van der Waals surface area contributed by atoms with Gasteiger partial charge in [0.2, 0.25) is 5.91 Å². The summed E-state index contributed by atoms with van der Waals surface area (Å²) < 4.78 is 2.07. The fourth-order valence-electron chi connectivity index (χ4n) is 2.89. The van der Waals surface area contributed by atoms with Gasteiger partial charge in [-0.1, -0.05) is 30.3 Å². The lowest BCUT2D eigenvalue weighted by atomic mass is 10.2. The molecule has 1 aliphatic heterocycles. The van der Waals surface area contributed by atoms with Crippen molar-refractivity contribution in [3.63, 3.8) is 0 Å². The van der Waals surface area contributed by atoms with Crippen molar-refractivity contribution in [3.05, 3.63) is 59.4 Å². The van der Waals surface area contributed by atoms with Gasteiger partial charge in [0.25, 0.3) is 0 Å². The SMILES string of the molecule is O=C(C=Cc1ccccc1)N1CCn2nc(C3CC3)cc2C1. The number of hydrogen-bond acceptors (Lipinski definition) is 2. The van der Waals surface area contributed by atoms with Gasteiger partial charge in [-0.25, -0.2) is 0 Å². The van der Waals surface area contributed by atoms with Gasteiger partial charge in [-0.15, -0.1) is 0 Å². The summed E-state index contributed by atoms with van der Waals surface area (Å²) in [6.45, 7) is 2.20. The first-order valence-corrected chi connectivity index (χ1v) is 7.88. The predicted molar refractivity (Wildman–Crippen MR) is 85.1 cm³/mol. The maximum absolute atomic E-state index is 12.3. The van der Waals surface area contributed by atoms with E-state index in [9.17, 15) is 4.79 Å². The zero-order valence-electron chi connectivity index (χ0n) is 12.5. The maximum Gasteiger partial charge on any atom is 0.246 e. The standard InChI is InChI=1S/C18H19N3O/c22-18(9-6-14-4-2-1-3-5-14)20-10-11-21-16(13-20)12-17(19-21)15-7-8-15/h1-6,9,12,15H,7-8,10-11,13H2. The highest BCUT2D eigenvalue weighted by Crippen LogP contribution is 2.39. The molecule has 1 amide bonds. The van der Waals surface area contributed by atoms with Crippen molar-refractivity contribution in [2.45, 2.75) is 31.8 Å². The molecule has 0 saturated heterocycles. The first kappa shape index (κ1) is 13.3. The van der Waals surface area contributed by atoms with Crippen LogP contribution in [0.5, 0.6) is 0 Å². The van der Waals surface area contributed by atoms with Crippen LogP contribution in [0, 0.1) is 0 Å². The summed E-state index contributed by atoms with van der Waals surface area (Å²) in [5.74, 6) is 0.740. The Bertz CT molecular complexity index is 713. The van der Waals surface area contributed by atoms with E-state index in [2.05, 4.69) is 15.8 Å². The van der Waals surface area contributed by atoms with Crippen molar-refractivity contribution >= 4 is 12.0 Å². The fraction of sp³-hybridized carbons (Fsp3) is 0.333. The molecule has 4 nitrogen and oxygen atoms in total. The molecule has 1 fully saturated rings. The van der Waals surface area contributed by atoms with Crippen LogP contribution in [0.15, 0.2) is 42.5 Å². The van der Waals surface area contributed by atoms with Gasteiger partial charge in [0.05, 0.1) is 24.5 Å². The highest BCUT2D eigenvalue weighted by Gasteiger charge is 2.29. The van der Waals surface area contributed by atoms with E-state index in [0.29, 0.717) is 12.5 Å². The van der Waals surface area contributed by atoms with E-state index in [0.717, 1.165) is 24.3 Å². The van der Waals surface area contributed by atoms with Crippen molar-refractivity contribution in [3.8, 4) is 0 Å². The van der Waals surface area contributed by atoms with Crippen molar-refractivity contribution in [2.24, 2.45) is 0 Å². The Labute approximate surface area is 130 Å². The van der Waals surface area contributed by atoms with E-state index < -0.39 is 0 Å². The Balaban J connectivity index is 1.45. The minimum atomic E-state index is 0.0734. The van der Waals surface area contributed by atoms with Gasteiger partial charge in [-0.2, -0.15) is 5.10 Å². The molecular weight excluding hydrogens is 274 g/mol. The topological polar surface area (TPSA) is 38.1 Å². The Hall–Kier alpha value is -2.36. The molecule has 0 bridgehead atoms. The van der Waals surface area contributed by atoms with Gasteiger partial charge in [0.1, 0.15) is 0 Å². The molecule has 4 rings (SSSR count). The van der Waals surface area contributed by atoms with Crippen LogP contribution in [0.25, 0.3) is 6.08 Å². The number of carbonyl (C=O) groups is 1. The van der Waals surface area contributed by atoms with Crippen LogP contribution in [0.2, 0.25) is 0 Å². The molecule has 22 heavy (non-hydrogen) atoms. The number of carbonyl (C=O) groups excluding carboxylic acids is 1. The van der Waals surface area contributed by atoms with Crippen LogP contribution in [-0.2, 0) is 17.9 Å². The molecule has 0 atom stereocenters. The summed E-state index contributed by atoms with van der Waals surface area (Å²) in [5, 5.41) is 4.66. The average Bonchev–Trinajstić information content (AvgIpc) is 3.32. The molecular formula is C18H19N3O. The molecule has 1 aromatic heterocycles. The molecule has 1 aromatic carbocycles. The third-order valence-electron chi connectivity index (χ3n) is 4.34. The van der Waals surface area contributed by atoms with E-state index >= 15 is 0 Å². The molecule has 0 radical (unpaired) electrons. The lowest BCUT2D eigenvalue weighted by Crippen LogP contribution is -2.37. The highest BCUT2D eigenvalue weighted by molar-refractivity contribution is 5.91. The zero-order valence-corrected chi connectivity index (χ0v) is 12.5. The number of hydrogen-bond donors (Lipinski definition) is 0. The number of benzene rings is 1. The lowest BCUT2D eigenvalue weighted by Gasteiger charge is -2.26. The van der Waals surface area contributed by atoms with Gasteiger partial charge >= 0.3 is 0 Å². The Morgan fingerprint density at radius 2 is 2.00 bits per heavy atom. The predicted octanol–water partition coefficient (Wildman–Crippen LogP) is 2.82. The Morgan fingerprint density at radius 3 is 2.77 bits per heavy atom. The van der Waals surface area contributed by atoms with Crippen LogP contribution in [0.1, 0.15) is 35.7 Å². The molecule has 2 aliphatic rings. The normalized spacial score (nSPS) is 17.7. The summed E-state index contributed by atoms with van der Waals surface area (Å²) in [4.78, 5) is 14.2. The van der Waals surface area contributed by atoms with Crippen molar-refractivity contribution in [2.75, 3.05) is 6.54 Å². The van der Waals surface area contributed by atoms with E-state index in [4.69, 9.17) is 0 Å². The number of fused-ring (bicyclic) bond motifs is 1. The second-order valence-electron chi connectivity index (χ2n) is 6.06. The zero-order chi connectivity index (χ0) is 14.9. The third kappa shape index (κ3) is 2.69.